The van der Waals surface area contributed by atoms with E-state index in [1.54, 1.807) is 0 Å². The van der Waals surface area contributed by atoms with Gasteiger partial charge in [0.15, 0.2) is 0 Å². The first-order valence-electron chi connectivity index (χ1n) is 6.04. The first-order chi connectivity index (χ1) is 7.75. The van der Waals surface area contributed by atoms with Crippen LogP contribution < -0.4 is 5.73 Å². The second kappa shape index (κ2) is 3.62. The molecule has 1 aliphatic carbocycles. The van der Waals surface area contributed by atoms with Crippen molar-refractivity contribution < 1.29 is 14.3 Å². The van der Waals surface area contributed by atoms with Gasteiger partial charge in [0.2, 0.25) is 5.91 Å². The quantitative estimate of drug-likeness (QED) is 0.750. The number of likely N-dealkylation sites (tertiary alicyclic amines) is 1. The van der Waals surface area contributed by atoms with Crippen molar-refractivity contribution in [2.45, 2.75) is 51.7 Å². The lowest BCUT2D eigenvalue weighted by Gasteiger charge is -2.28. The van der Waals surface area contributed by atoms with E-state index in [0.717, 1.165) is 19.3 Å². The van der Waals surface area contributed by atoms with E-state index in [1.165, 1.54) is 4.90 Å². The summed E-state index contributed by atoms with van der Waals surface area (Å²) in [5, 5.41) is 0. The number of ether oxygens (including phenoxy) is 1. The highest BCUT2D eigenvalue weighted by Crippen LogP contribution is 2.57. The molecule has 1 heterocycles. The molecular formula is C12H20N2O3. The third-order valence-corrected chi connectivity index (χ3v) is 3.53. The molecule has 1 atom stereocenters. The molecule has 5 heteroatoms. The zero-order valence-corrected chi connectivity index (χ0v) is 10.7. The fraction of sp³-hybridized carbons (Fsp3) is 0.833. The predicted octanol–water partition coefficient (Wildman–Crippen LogP) is 1.26. The van der Waals surface area contributed by atoms with E-state index in [0.29, 0.717) is 6.54 Å². The first-order valence-corrected chi connectivity index (χ1v) is 6.04. The van der Waals surface area contributed by atoms with Crippen LogP contribution in [0.25, 0.3) is 0 Å². The van der Waals surface area contributed by atoms with Gasteiger partial charge in [0.1, 0.15) is 11.6 Å². The maximum atomic E-state index is 12.0. The Kier molecular flexibility index (Phi) is 2.60. The van der Waals surface area contributed by atoms with E-state index in [9.17, 15) is 9.59 Å². The zero-order valence-electron chi connectivity index (χ0n) is 10.7. The Morgan fingerprint density at radius 1 is 1.29 bits per heavy atom. The summed E-state index contributed by atoms with van der Waals surface area (Å²) in [5.41, 5.74) is 4.83. The average Bonchev–Trinajstić information content (AvgIpc) is 2.74. The molecule has 0 aromatic carbocycles. The largest absolute Gasteiger partial charge is 0.444 e. The summed E-state index contributed by atoms with van der Waals surface area (Å²) in [7, 11) is 0. The van der Waals surface area contributed by atoms with Gasteiger partial charge in [-0.3, -0.25) is 9.69 Å². The van der Waals surface area contributed by atoms with E-state index >= 15 is 0 Å². The highest BCUT2D eigenvalue weighted by atomic mass is 16.6. The molecule has 96 valence electrons. The van der Waals surface area contributed by atoms with Crippen LogP contribution in [-0.2, 0) is 9.53 Å². The van der Waals surface area contributed by atoms with Crippen LogP contribution in [0.15, 0.2) is 0 Å². The minimum absolute atomic E-state index is 0.0390. The second-order valence-corrected chi connectivity index (χ2v) is 6.09. The Balaban J connectivity index is 2.11. The molecule has 1 unspecified atom stereocenters. The van der Waals surface area contributed by atoms with Gasteiger partial charge in [-0.2, -0.15) is 0 Å². The molecule has 1 saturated heterocycles. The van der Waals surface area contributed by atoms with Crippen molar-refractivity contribution in [2.24, 2.45) is 11.1 Å². The molecule has 2 aliphatic rings. The Hall–Kier alpha value is -1.26. The van der Waals surface area contributed by atoms with Gasteiger partial charge < -0.3 is 10.5 Å². The van der Waals surface area contributed by atoms with Crippen molar-refractivity contribution in [2.75, 3.05) is 6.54 Å². The van der Waals surface area contributed by atoms with Gasteiger partial charge in [0.05, 0.1) is 0 Å². The van der Waals surface area contributed by atoms with Gasteiger partial charge in [0, 0.05) is 12.0 Å². The molecule has 1 aliphatic heterocycles. The lowest BCUT2D eigenvalue weighted by Crippen LogP contribution is -2.48. The number of carbonyl (C=O) groups is 2. The van der Waals surface area contributed by atoms with Crippen molar-refractivity contribution in [1.82, 2.24) is 4.90 Å². The Morgan fingerprint density at radius 3 is 2.29 bits per heavy atom. The van der Waals surface area contributed by atoms with Crippen molar-refractivity contribution in [3.05, 3.63) is 0 Å². The zero-order chi connectivity index (χ0) is 12.8. The standard InChI is InChI=1S/C12H20N2O3/c1-11(2,3)17-10(16)14-7-6-12(4-5-12)8(14)9(13)15/h8H,4-7H2,1-3H3,(H2,13,15). The third-order valence-electron chi connectivity index (χ3n) is 3.53. The van der Waals surface area contributed by atoms with Crippen molar-refractivity contribution in [3.63, 3.8) is 0 Å². The number of hydrogen-bond donors (Lipinski definition) is 1. The summed E-state index contributed by atoms with van der Waals surface area (Å²) in [6.07, 6.45) is 2.41. The summed E-state index contributed by atoms with van der Waals surface area (Å²) in [5.74, 6) is -0.411. The topological polar surface area (TPSA) is 72.6 Å². The molecule has 2 N–H and O–H groups in total. The van der Waals surface area contributed by atoms with Crippen molar-refractivity contribution in [3.8, 4) is 0 Å². The number of nitrogens with two attached hydrogens (primary N) is 1. The number of hydrogen-bond acceptors (Lipinski definition) is 3. The van der Waals surface area contributed by atoms with Crippen LogP contribution >= 0.6 is 0 Å². The molecule has 2 fully saturated rings. The van der Waals surface area contributed by atoms with Crippen LogP contribution in [0.1, 0.15) is 40.0 Å². The lowest BCUT2D eigenvalue weighted by molar-refractivity contribution is -0.123. The molecule has 5 nitrogen and oxygen atoms in total. The van der Waals surface area contributed by atoms with E-state index in [4.69, 9.17) is 10.5 Å². The van der Waals surface area contributed by atoms with Crippen LogP contribution in [0.3, 0.4) is 0 Å². The van der Waals surface area contributed by atoms with Gasteiger partial charge in [-0.15, -0.1) is 0 Å². The number of primary amides is 1. The maximum Gasteiger partial charge on any atom is 0.410 e. The molecular weight excluding hydrogens is 220 g/mol. The monoisotopic (exact) mass is 240 g/mol. The molecule has 2 amide bonds. The minimum atomic E-state index is -0.543. The van der Waals surface area contributed by atoms with E-state index in [-0.39, 0.29) is 5.41 Å². The summed E-state index contributed by atoms with van der Waals surface area (Å²) in [6, 6.07) is -0.475. The highest BCUT2D eigenvalue weighted by molar-refractivity contribution is 5.86. The van der Waals surface area contributed by atoms with Gasteiger partial charge in [0.25, 0.3) is 0 Å². The minimum Gasteiger partial charge on any atom is -0.444 e. The van der Waals surface area contributed by atoms with E-state index in [1.807, 2.05) is 20.8 Å². The molecule has 0 aromatic rings. The van der Waals surface area contributed by atoms with Gasteiger partial charge in [-0.05, 0) is 40.0 Å². The average molecular weight is 240 g/mol. The third kappa shape index (κ3) is 2.23. The van der Waals surface area contributed by atoms with Gasteiger partial charge in [-0.1, -0.05) is 0 Å². The van der Waals surface area contributed by atoms with Crippen LogP contribution in [0.5, 0.6) is 0 Å². The molecule has 2 rings (SSSR count). The molecule has 0 bridgehead atoms. The number of amides is 2. The molecule has 1 spiro atoms. The van der Waals surface area contributed by atoms with Crippen LogP contribution in [0.2, 0.25) is 0 Å². The molecule has 17 heavy (non-hydrogen) atoms. The maximum absolute atomic E-state index is 12.0. The summed E-state index contributed by atoms with van der Waals surface area (Å²) in [4.78, 5) is 25.0. The molecule has 0 aromatic heterocycles. The van der Waals surface area contributed by atoms with Crippen LogP contribution in [0, 0.1) is 5.41 Å². The Labute approximate surface area is 101 Å². The lowest BCUT2D eigenvalue weighted by atomic mass is 9.97. The number of carbonyl (C=O) groups excluding carboxylic acids is 2. The normalized spacial score (nSPS) is 26.1. The van der Waals surface area contributed by atoms with Crippen molar-refractivity contribution >= 4 is 12.0 Å². The predicted molar refractivity (Wildman–Crippen MR) is 62.2 cm³/mol. The SMILES string of the molecule is CC(C)(C)OC(=O)N1CCC2(CC2)C1C(N)=O. The molecule has 0 radical (unpaired) electrons. The van der Waals surface area contributed by atoms with Crippen LogP contribution in [-0.4, -0.2) is 35.1 Å². The summed E-state index contributed by atoms with van der Waals surface area (Å²) >= 11 is 0. The van der Waals surface area contributed by atoms with Crippen molar-refractivity contribution in [1.29, 1.82) is 0 Å². The fourth-order valence-electron chi connectivity index (χ4n) is 2.60. The first kappa shape index (κ1) is 12.2. The smallest absolute Gasteiger partial charge is 0.410 e. The van der Waals surface area contributed by atoms with E-state index < -0.39 is 23.6 Å². The number of rotatable bonds is 1. The summed E-state index contributed by atoms with van der Waals surface area (Å²) in [6.45, 7) is 6.01. The van der Waals surface area contributed by atoms with Crippen LogP contribution in [0.4, 0.5) is 4.79 Å². The van der Waals surface area contributed by atoms with Gasteiger partial charge >= 0.3 is 6.09 Å². The highest BCUT2D eigenvalue weighted by Gasteiger charge is 2.59. The number of nitrogens with zero attached hydrogens (tertiary/aromatic N) is 1. The summed E-state index contributed by atoms with van der Waals surface area (Å²) < 4.78 is 5.30. The fourth-order valence-corrected chi connectivity index (χ4v) is 2.60. The van der Waals surface area contributed by atoms with Gasteiger partial charge in [-0.25, -0.2) is 4.79 Å². The van der Waals surface area contributed by atoms with E-state index in [2.05, 4.69) is 0 Å². The second-order valence-electron chi connectivity index (χ2n) is 6.09. The molecule has 1 saturated carbocycles. The Bertz CT molecular complexity index is 355. The Morgan fingerprint density at radius 2 is 1.88 bits per heavy atom.